The highest BCUT2D eigenvalue weighted by molar-refractivity contribution is 5.29. The minimum atomic E-state index is -0.270. The molecule has 100 valence electrons. The fraction of sp³-hybridized carbons (Fsp3) is 0.571. The van der Waals surface area contributed by atoms with E-state index in [0.29, 0.717) is 6.54 Å². The normalized spacial score (nSPS) is 21.2. The monoisotopic (exact) mass is 253 g/mol. The summed E-state index contributed by atoms with van der Waals surface area (Å²) in [7, 11) is 0. The molecule has 3 nitrogen and oxygen atoms in total. The summed E-state index contributed by atoms with van der Waals surface area (Å²) < 4.78 is 18.8. The molecule has 18 heavy (non-hydrogen) atoms. The largest absolute Gasteiger partial charge is 0.394 e. The molecule has 1 saturated heterocycles. The average Bonchev–Trinajstić information content (AvgIpc) is 2.87. The summed E-state index contributed by atoms with van der Waals surface area (Å²) in [5.74, 6) is -0.270. The number of benzene rings is 1. The number of rotatable bonds is 5. The Hall–Kier alpha value is -0.970. The van der Waals surface area contributed by atoms with Crippen LogP contribution in [0.15, 0.2) is 18.2 Å². The predicted molar refractivity (Wildman–Crippen MR) is 67.9 cm³/mol. The molecular formula is C14H20FNO2. The first-order chi connectivity index (χ1) is 8.70. The molecule has 0 amide bonds. The van der Waals surface area contributed by atoms with Crippen LogP contribution in [0.5, 0.6) is 0 Å². The van der Waals surface area contributed by atoms with Crippen molar-refractivity contribution in [3.63, 3.8) is 0 Å². The van der Waals surface area contributed by atoms with Crippen LogP contribution < -0.4 is 5.32 Å². The van der Waals surface area contributed by atoms with Gasteiger partial charge in [-0.1, -0.05) is 6.07 Å². The highest BCUT2D eigenvalue weighted by atomic mass is 19.1. The number of ether oxygens (including phenoxy) is 1. The second kappa shape index (κ2) is 6.27. The lowest BCUT2D eigenvalue weighted by molar-refractivity contribution is 0.104. The van der Waals surface area contributed by atoms with Crippen LogP contribution >= 0.6 is 0 Å². The Balaban J connectivity index is 2.00. The molecule has 2 atom stereocenters. The summed E-state index contributed by atoms with van der Waals surface area (Å²) in [6.45, 7) is 3.39. The molecule has 1 heterocycles. The Morgan fingerprint density at radius 3 is 3.06 bits per heavy atom. The first-order valence-electron chi connectivity index (χ1n) is 6.42. The molecule has 0 saturated carbocycles. The van der Waals surface area contributed by atoms with E-state index in [1.165, 1.54) is 12.1 Å². The van der Waals surface area contributed by atoms with Gasteiger partial charge in [-0.2, -0.15) is 0 Å². The van der Waals surface area contributed by atoms with Crippen molar-refractivity contribution < 1.29 is 14.2 Å². The maximum Gasteiger partial charge on any atom is 0.123 e. The topological polar surface area (TPSA) is 41.5 Å². The molecule has 1 aliphatic rings. The summed E-state index contributed by atoms with van der Waals surface area (Å²) in [6.07, 6.45) is 2.36. The van der Waals surface area contributed by atoms with Crippen molar-refractivity contribution in [2.45, 2.75) is 31.9 Å². The first-order valence-corrected chi connectivity index (χ1v) is 6.42. The van der Waals surface area contributed by atoms with E-state index in [1.54, 1.807) is 6.07 Å². The third-order valence-corrected chi connectivity index (χ3v) is 3.42. The number of aliphatic hydroxyl groups excluding tert-OH is 1. The van der Waals surface area contributed by atoms with Crippen molar-refractivity contribution in [3.8, 4) is 0 Å². The van der Waals surface area contributed by atoms with E-state index < -0.39 is 0 Å². The van der Waals surface area contributed by atoms with Crippen LogP contribution in [0.2, 0.25) is 0 Å². The lowest BCUT2D eigenvalue weighted by Crippen LogP contribution is -2.32. The van der Waals surface area contributed by atoms with Gasteiger partial charge in [-0.15, -0.1) is 0 Å². The van der Waals surface area contributed by atoms with E-state index in [1.807, 2.05) is 6.92 Å². The zero-order chi connectivity index (χ0) is 13.0. The number of hydrogen-bond acceptors (Lipinski definition) is 3. The summed E-state index contributed by atoms with van der Waals surface area (Å²) in [5, 5.41) is 12.7. The Kier molecular flexibility index (Phi) is 4.69. The number of nitrogens with one attached hydrogen (secondary N) is 1. The van der Waals surface area contributed by atoms with Gasteiger partial charge in [0.1, 0.15) is 5.82 Å². The van der Waals surface area contributed by atoms with Gasteiger partial charge < -0.3 is 15.2 Å². The minimum absolute atomic E-state index is 0.0446. The van der Waals surface area contributed by atoms with Crippen LogP contribution in [0, 0.1) is 12.7 Å². The Labute approximate surface area is 107 Å². The summed E-state index contributed by atoms with van der Waals surface area (Å²) in [5.41, 5.74) is 1.80. The number of aryl methyl sites for hydroxylation is 1. The quantitative estimate of drug-likeness (QED) is 0.842. The first kappa shape index (κ1) is 13.5. The minimum Gasteiger partial charge on any atom is -0.394 e. The van der Waals surface area contributed by atoms with Crippen molar-refractivity contribution in [2.24, 2.45) is 0 Å². The lowest BCUT2D eigenvalue weighted by Gasteiger charge is -2.21. The Bertz CT molecular complexity index is 391. The smallest absolute Gasteiger partial charge is 0.123 e. The van der Waals surface area contributed by atoms with Gasteiger partial charge in [0.2, 0.25) is 0 Å². The van der Waals surface area contributed by atoms with E-state index in [2.05, 4.69) is 5.32 Å². The van der Waals surface area contributed by atoms with Gasteiger partial charge in [0.25, 0.3) is 0 Å². The van der Waals surface area contributed by atoms with E-state index in [4.69, 9.17) is 4.74 Å². The van der Waals surface area contributed by atoms with Gasteiger partial charge in [-0.25, -0.2) is 4.39 Å². The number of hydrogen-bond donors (Lipinski definition) is 2. The molecule has 0 spiro atoms. The maximum absolute atomic E-state index is 13.3. The van der Waals surface area contributed by atoms with Crippen LogP contribution in [-0.2, 0) is 4.74 Å². The Morgan fingerprint density at radius 1 is 1.56 bits per heavy atom. The molecule has 1 aromatic carbocycles. The zero-order valence-electron chi connectivity index (χ0n) is 10.7. The molecule has 0 bridgehead atoms. The summed E-state index contributed by atoms with van der Waals surface area (Å²) in [6, 6.07) is 4.43. The molecule has 4 heteroatoms. The van der Waals surface area contributed by atoms with E-state index in [-0.39, 0.29) is 24.6 Å². The molecule has 2 unspecified atom stereocenters. The van der Waals surface area contributed by atoms with Crippen LogP contribution in [-0.4, -0.2) is 31.0 Å². The molecule has 1 aromatic rings. The van der Waals surface area contributed by atoms with Crippen molar-refractivity contribution in [1.29, 1.82) is 0 Å². The molecule has 1 aliphatic heterocycles. The van der Waals surface area contributed by atoms with E-state index in [9.17, 15) is 9.50 Å². The highest BCUT2D eigenvalue weighted by Gasteiger charge is 2.19. The van der Waals surface area contributed by atoms with Gasteiger partial charge in [0.05, 0.1) is 18.8 Å². The van der Waals surface area contributed by atoms with Crippen LogP contribution in [0.1, 0.15) is 30.0 Å². The van der Waals surface area contributed by atoms with Crippen LogP contribution in [0.25, 0.3) is 0 Å². The lowest BCUT2D eigenvalue weighted by atomic mass is 10.0. The van der Waals surface area contributed by atoms with Gasteiger partial charge in [0.15, 0.2) is 0 Å². The zero-order valence-corrected chi connectivity index (χ0v) is 10.7. The van der Waals surface area contributed by atoms with Gasteiger partial charge in [0, 0.05) is 13.2 Å². The summed E-state index contributed by atoms with van der Waals surface area (Å²) >= 11 is 0. The van der Waals surface area contributed by atoms with Crippen LogP contribution in [0.4, 0.5) is 4.39 Å². The Morgan fingerprint density at radius 2 is 2.39 bits per heavy atom. The predicted octanol–water partition coefficient (Wildman–Crippen LogP) is 1.94. The SMILES string of the molecule is Cc1ccc(F)cc1C(CO)NCC1CCCO1. The molecule has 2 N–H and O–H groups in total. The third-order valence-electron chi connectivity index (χ3n) is 3.42. The van der Waals surface area contributed by atoms with Gasteiger partial charge in [-0.3, -0.25) is 0 Å². The van der Waals surface area contributed by atoms with Crippen molar-refractivity contribution in [3.05, 3.63) is 35.1 Å². The molecule has 2 rings (SSSR count). The molecule has 1 fully saturated rings. The summed E-state index contributed by atoms with van der Waals surface area (Å²) in [4.78, 5) is 0. The van der Waals surface area contributed by atoms with Gasteiger partial charge >= 0.3 is 0 Å². The van der Waals surface area contributed by atoms with Crippen molar-refractivity contribution >= 4 is 0 Å². The molecule has 0 radical (unpaired) electrons. The highest BCUT2D eigenvalue weighted by Crippen LogP contribution is 2.19. The van der Waals surface area contributed by atoms with Crippen molar-refractivity contribution in [2.75, 3.05) is 19.8 Å². The second-order valence-corrected chi connectivity index (χ2v) is 4.78. The fourth-order valence-corrected chi connectivity index (χ4v) is 2.34. The molecule has 0 aromatic heterocycles. The number of aliphatic hydroxyl groups is 1. The average molecular weight is 253 g/mol. The van der Waals surface area contributed by atoms with Crippen molar-refractivity contribution in [1.82, 2.24) is 5.32 Å². The molecule has 0 aliphatic carbocycles. The van der Waals surface area contributed by atoms with E-state index in [0.717, 1.165) is 30.6 Å². The fourth-order valence-electron chi connectivity index (χ4n) is 2.34. The molecular weight excluding hydrogens is 233 g/mol. The third kappa shape index (κ3) is 3.28. The number of halogens is 1. The van der Waals surface area contributed by atoms with Crippen LogP contribution in [0.3, 0.4) is 0 Å². The van der Waals surface area contributed by atoms with Gasteiger partial charge in [-0.05, 0) is 43.0 Å². The van der Waals surface area contributed by atoms with E-state index >= 15 is 0 Å². The standard InChI is InChI=1S/C14H20FNO2/c1-10-4-5-11(15)7-13(10)14(9-17)16-8-12-3-2-6-18-12/h4-5,7,12,14,16-17H,2-3,6,8-9H2,1H3. The second-order valence-electron chi connectivity index (χ2n) is 4.78. The maximum atomic E-state index is 13.3.